The number of aliphatic hydroxyl groups is 1. The van der Waals surface area contributed by atoms with Crippen LogP contribution in [0.4, 0.5) is 0 Å². The van der Waals surface area contributed by atoms with Crippen molar-refractivity contribution in [2.75, 3.05) is 6.26 Å². The summed E-state index contributed by atoms with van der Waals surface area (Å²) in [5.74, 6) is -3.14. The van der Waals surface area contributed by atoms with Crippen molar-refractivity contribution in [3.8, 4) is 0 Å². The van der Waals surface area contributed by atoms with Crippen LogP contribution in [0.2, 0.25) is 0 Å². The highest BCUT2D eigenvalue weighted by molar-refractivity contribution is 7.98. The molecule has 2 aromatic rings. The minimum Gasteiger partial charge on any atom is -0.543 e. The van der Waals surface area contributed by atoms with Gasteiger partial charge in [-0.2, -0.15) is 4.40 Å². The molecule has 2 aromatic heterocycles. The number of fused-ring (bicyclic) bond motifs is 2. The molecule has 29 heavy (non-hydrogen) atoms. The van der Waals surface area contributed by atoms with Crippen LogP contribution in [0.5, 0.6) is 0 Å². The van der Waals surface area contributed by atoms with Crippen molar-refractivity contribution in [3.63, 3.8) is 0 Å². The Labute approximate surface area is 174 Å². The molecule has 2 aliphatic rings. The first-order chi connectivity index (χ1) is 13.7. The first-order valence-corrected chi connectivity index (χ1v) is 11.0. The number of rotatable bonds is 6. The van der Waals surface area contributed by atoms with Crippen molar-refractivity contribution >= 4 is 51.3 Å². The third kappa shape index (κ3) is 2.79. The van der Waals surface area contributed by atoms with Gasteiger partial charge in [-0.3, -0.25) is 9.59 Å². The number of amides is 2. The Hall–Kier alpha value is -2.37. The summed E-state index contributed by atoms with van der Waals surface area (Å²) in [5.41, 5.74) is 5.73. The molecule has 2 amide bonds. The fourth-order valence-electron chi connectivity index (χ4n) is 4.43. The number of carboxylic acid groups (broad SMARTS) is 1. The zero-order valence-electron chi connectivity index (χ0n) is 16.0. The minimum atomic E-state index is -1.40. The Kier molecular flexibility index (Phi) is 4.71. The standard InChI is InChI=1S/C18H20N4O5S2/c1-7-11(14(18(26)27)22-13(7)12(8(2)23)15(22)25)9-4-20-6-21(5-10(19)24)16(28-3)17(20)29-9/h4,6-8,12-13,23H,5H2,1-3H3,(H2-,19,24,26,27)/t7-,8+,12+,13+/m0/s1. The Balaban J connectivity index is 1.82. The van der Waals surface area contributed by atoms with E-state index in [9.17, 15) is 24.6 Å². The lowest BCUT2D eigenvalue weighted by Gasteiger charge is -2.47. The number of nitrogens with zero attached hydrogens (tertiary/aromatic N) is 3. The molecular formula is C18H20N4O5S2. The number of carbonyl (C=O) groups is 3. The van der Waals surface area contributed by atoms with Gasteiger partial charge in [-0.15, -0.1) is 0 Å². The number of β-lactam (4-membered cyclic amide) rings is 1. The van der Waals surface area contributed by atoms with E-state index in [1.165, 1.54) is 28.0 Å². The van der Waals surface area contributed by atoms with E-state index in [4.69, 9.17) is 5.73 Å². The van der Waals surface area contributed by atoms with Crippen molar-refractivity contribution in [1.82, 2.24) is 9.30 Å². The van der Waals surface area contributed by atoms with E-state index in [0.717, 1.165) is 9.86 Å². The van der Waals surface area contributed by atoms with Gasteiger partial charge in [0.2, 0.25) is 15.8 Å². The SMILES string of the molecule is CSc1c2sc(C3=C(C(=O)[O-])N4C(=O)[C@H]([C@@H](C)O)[C@H]4[C@H]3C)cn2c[n+]1CC(N)=O. The van der Waals surface area contributed by atoms with Crippen molar-refractivity contribution in [1.29, 1.82) is 0 Å². The number of imidazole rings is 1. The Morgan fingerprint density at radius 3 is 2.72 bits per heavy atom. The Bertz CT molecular complexity index is 1090. The molecule has 11 heteroatoms. The minimum absolute atomic E-state index is 0.0454. The predicted molar refractivity (Wildman–Crippen MR) is 103 cm³/mol. The zero-order chi connectivity index (χ0) is 21.2. The van der Waals surface area contributed by atoms with Crippen LogP contribution < -0.4 is 15.4 Å². The summed E-state index contributed by atoms with van der Waals surface area (Å²) in [6.45, 7) is 3.45. The summed E-state index contributed by atoms with van der Waals surface area (Å²) in [7, 11) is 0. The lowest BCUT2D eigenvalue weighted by molar-refractivity contribution is -0.717. The lowest BCUT2D eigenvalue weighted by atomic mass is 9.77. The molecule has 1 fully saturated rings. The van der Waals surface area contributed by atoms with Gasteiger partial charge in [0.05, 0.1) is 34.6 Å². The number of hydrogen-bond donors (Lipinski definition) is 2. The maximum Gasteiger partial charge on any atom is 0.259 e. The molecule has 4 rings (SSSR count). The number of carbonyl (C=O) groups excluding carboxylic acids is 3. The summed E-state index contributed by atoms with van der Waals surface area (Å²) in [6.07, 6.45) is 4.56. The summed E-state index contributed by atoms with van der Waals surface area (Å²) >= 11 is 2.84. The molecule has 4 atom stereocenters. The van der Waals surface area contributed by atoms with E-state index in [1.54, 1.807) is 24.0 Å². The van der Waals surface area contributed by atoms with Crippen molar-refractivity contribution in [2.24, 2.45) is 17.6 Å². The molecule has 0 bridgehead atoms. The van der Waals surface area contributed by atoms with Crippen LogP contribution in [-0.2, 0) is 20.9 Å². The van der Waals surface area contributed by atoms with Crippen molar-refractivity contribution < 1.29 is 29.2 Å². The Morgan fingerprint density at radius 2 is 2.17 bits per heavy atom. The first kappa shape index (κ1) is 19.9. The molecule has 3 N–H and O–H groups in total. The van der Waals surface area contributed by atoms with Crippen LogP contribution in [0.15, 0.2) is 23.2 Å². The predicted octanol–water partition coefficient (Wildman–Crippen LogP) is -1.19. The number of thiazole rings is 1. The van der Waals surface area contributed by atoms with Gasteiger partial charge >= 0.3 is 0 Å². The molecular weight excluding hydrogens is 416 g/mol. The third-order valence-corrected chi connectivity index (χ3v) is 7.64. The van der Waals surface area contributed by atoms with Crippen LogP contribution >= 0.6 is 23.1 Å². The first-order valence-electron chi connectivity index (χ1n) is 9.00. The Morgan fingerprint density at radius 1 is 1.48 bits per heavy atom. The van der Waals surface area contributed by atoms with E-state index < -0.39 is 35.8 Å². The monoisotopic (exact) mass is 436 g/mol. The molecule has 0 saturated carbocycles. The number of nitrogens with two attached hydrogens (primary N) is 1. The quantitative estimate of drug-likeness (QED) is 0.333. The number of thioether (sulfide) groups is 1. The van der Waals surface area contributed by atoms with Crippen LogP contribution in [0.1, 0.15) is 18.7 Å². The fraction of sp³-hybridized carbons (Fsp3) is 0.444. The number of aromatic nitrogens is 2. The summed E-state index contributed by atoms with van der Waals surface area (Å²) in [6, 6.07) is -0.397. The van der Waals surface area contributed by atoms with Crippen molar-refractivity contribution in [2.45, 2.75) is 37.6 Å². The van der Waals surface area contributed by atoms with E-state index in [2.05, 4.69) is 0 Å². The van der Waals surface area contributed by atoms with E-state index in [-0.39, 0.29) is 18.2 Å². The summed E-state index contributed by atoms with van der Waals surface area (Å²) in [5, 5.41) is 22.7. The second kappa shape index (κ2) is 6.85. The number of primary amides is 1. The van der Waals surface area contributed by atoms with E-state index >= 15 is 0 Å². The number of aliphatic carboxylic acids is 1. The van der Waals surface area contributed by atoms with Crippen LogP contribution in [0.3, 0.4) is 0 Å². The average molecular weight is 437 g/mol. The number of carboxylic acids is 1. The molecule has 4 heterocycles. The summed E-state index contributed by atoms with van der Waals surface area (Å²) < 4.78 is 3.57. The van der Waals surface area contributed by atoms with Gasteiger partial charge in [-0.25, -0.2) is 4.57 Å². The second-order valence-electron chi connectivity index (χ2n) is 7.33. The van der Waals surface area contributed by atoms with Gasteiger partial charge in [0.25, 0.3) is 12.2 Å². The molecule has 0 radical (unpaired) electrons. The molecule has 0 unspecified atom stereocenters. The normalized spacial score (nSPS) is 24.8. The van der Waals surface area contributed by atoms with Crippen LogP contribution in [0.25, 0.3) is 10.4 Å². The molecule has 2 aliphatic heterocycles. The van der Waals surface area contributed by atoms with Gasteiger partial charge < -0.3 is 25.6 Å². The lowest BCUT2D eigenvalue weighted by Crippen LogP contribution is -2.64. The number of aliphatic hydroxyl groups excluding tert-OH is 1. The fourth-order valence-corrected chi connectivity index (χ4v) is 6.60. The van der Waals surface area contributed by atoms with Crippen LogP contribution in [0, 0.1) is 11.8 Å². The van der Waals surface area contributed by atoms with Gasteiger partial charge in [0.1, 0.15) is 6.20 Å². The molecule has 0 aliphatic carbocycles. The molecule has 0 aromatic carbocycles. The zero-order valence-corrected chi connectivity index (χ0v) is 17.6. The van der Waals surface area contributed by atoms with Crippen molar-refractivity contribution in [3.05, 3.63) is 23.1 Å². The highest BCUT2D eigenvalue weighted by Crippen LogP contribution is 2.51. The maximum absolute atomic E-state index is 12.5. The van der Waals surface area contributed by atoms with Gasteiger partial charge in [-0.05, 0) is 13.2 Å². The smallest absolute Gasteiger partial charge is 0.259 e. The van der Waals surface area contributed by atoms with Gasteiger partial charge in [-0.1, -0.05) is 30.0 Å². The van der Waals surface area contributed by atoms with E-state index in [1.807, 2.05) is 17.6 Å². The maximum atomic E-state index is 12.5. The van der Waals surface area contributed by atoms with Crippen LogP contribution in [-0.4, -0.2) is 50.6 Å². The average Bonchev–Trinajstić information content (AvgIpc) is 3.21. The highest BCUT2D eigenvalue weighted by Gasteiger charge is 2.59. The third-order valence-electron chi connectivity index (χ3n) is 5.56. The second-order valence-corrected chi connectivity index (χ2v) is 9.16. The number of hydrogen-bond acceptors (Lipinski definition) is 7. The highest BCUT2D eigenvalue weighted by atomic mass is 32.2. The topological polar surface area (TPSA) is 132 Å². The van der Waals surface area contributed by atoms with Gasteiger partial charge in [0, 0.05) is 11.5 Å². The largest absolute Gasteiger partial charge is 0.543 e. The van der Waals surface area contributed by atoms with E-state index in [0.29, 0.717) is 10.5 Å². The molecule has 0 spiro atoms. The molecule has 1 saturated heterocycles. The molecule has 9 nitrogen and oxygen atoms in total. The van der Waals surface area contributed by atoms with Gasteiger partial charge in [0.15, 0.2) is 6.54 Å². The molecule has 154 valence electrons. The summed E-state index contributed by atoms with van der Waals surface area (Å²) in [4.78, 5) is 38.5.